The normalized spacial score (nSPS) is 11.8. The molecule has 0 amide bonds. The van der Waals surface area contributed by atoms with Crippen molar-refractivity contribution in [2.24, 2.45) is 0 Å². The summed E-state index contributed by atoms with van der Waals surface area (Å²) in [6, 6.07) is 34.2. The number of rotatable bonds is 2. The smallest absolute Gasteiger partial charge is 0.111 e. The molecule has 0 aliphatic carbocycles. The molecule has 7 rings (SSSR count). The van der Waals surface area contributed by atoms with Gasteiger partial charge in [0.1, 0.15) is 5.82 Å². The summed E-state index contributed by atoms with van der Waals surface area (Å²) >= 11 is 1.83. The van der Waals surface area contributed by atoms with Crippen LogP contribution in [0.1, 0.15) is 5.82 Å². The monoisotopic (exact) mass is 441 g/mol. The number of benzene rings is 4. The van der Waals surface area contributed by atoms with Gasteiger partial charge in [-0.3, -0.25) is 4.57 Å². The van der Waals surface area contributed by atoms with E-state index in [9.17, 15) is 0 Å². The van der Waals surface area contributed by atoms with Crippen LogP contribution in [0.5, 0.6) is 0 Å². The van der Waals surface area contributed by atoms with Crippen LogP contribution in [0, 0.1) is 6.92 Å². The first kappa shape index (κ1) is 18.5. The molecule has 3 nitrogen and oxygen atoms in total. The average Bonchev–Trinajstić information content (AvgIpc) is 3.39. The van der Waals surface area contributed by atoms with Gasteiger partial charge in [-0.2, -0.15) is 0 Å². The molecule has 0 aliphatic rings. The minimum Gasteiger partial charge on any atom is -0.297 e. The number of aromatic nitrogens is 3. The van der Waals surface area contributed by atoms with Gasteiger partial charge in [0, 0.05) is 26.7 Å². The van der Waals surface area contributed by atoms with E-state index in [1.807, 2.05) is 17.4 Å². The lowest BCUT2D eigenvalue weighted by Gasteiger charge is -2.11. The van der Waals surface area contributed by atoms with Crippen LogP contribution in [0.3, 0.4) is 0 Å². The Morgan fingerprint density at radius 3 is 2.21 bits per heavy atom. The van der Waals surface area contributed by atoms with E-state index < -0.39 is 0 Å². The van der Waals surface area contributed by atoms with Crippen LogP contribution >= 0.6 is 11.3 Å². The predicted molar refractivity (Wildman–Crippen MR) is 139 cm³/mol. The number of para-hydroxylation sites is 3. The Kier molecular flexibility index (Phi) is 3.93. The summed E-state index contributed by atoms with van der Waals surface area (Å²) in [4.78, 5) is 9.79. The van der Waals surface area contributed by atoms with Crippen molar-refractivity contribution in [2.45, 2.75) is 6.92 Å². The van der Waals surface area contributed by atoms with Crippen LogP contribution < -0.4 is 0 Å². The molecule has 0 unspecified atom stereocenters. The molecule has 4 aromatic carbocycles. The van der Waals surface area contributed by atoms with Crippen LogP contribution in [-0.2, 0) is 0 Å². The molecule has 0 atom stereocenters. The lowest BCUT2D eigenvalue weighted by atomic mass is 9.99. The summed E-state index contributed by atoms with van der Waals surface area (Å²) in [6.07, 6.45) is 0. The Labute approximate surface area is 194 Å². The number of fused-ring (bicyclic) bond motifs is 5. The molecule has 33 heavy (non-hydrogen) atoms. The van der Waals surface area contributed by atoms with E-state index in [2.05, 4.69) is 102 Å². The van der Waals surface area contributed by atoms with Crippen molar-refractivity contribution in [3.63, 3.8) is 0 Å². The molecule has 0 saturated heterocycles. The second kappa shape index (κ2) is 6.99. The molecule has 0 aliphatic heterocycles. The minimum atomic E-state index is 0.991. The van der Waals surface area contributed by atoms with Gasteiger partial charge in [-0.05, 0) is 48.9 Å². The molecule has 0 saturated carbocycles. The van der Waals surface area contributed by atoms with Crippen LogP contribution in [-0.4, -0.2) is 14.5 Å². The Hall–Kier alpha value is -4.02. The van der Waals surface area contributed by atoms with Crippen molar-refractivity contribution in [3.8, 4) is 16.8 Å². The van der Waals surface area contributed by atoms with Gasteiger partial charge in [0.25, 0.3) is 0 Å². The number of thiophene rings is 1. The van der Waals surface area contributed by atoms with Gasteiger partial charge in [-0.25, -0.2) is 9.97 Å². The summed E-state index contributed by atoms with van der Waals surface area (Å²) < 4.78 is 4.74. The third-order valence-electron chi connectivity index (χ3n) is 6.34. The molecule has 0 radical (unpaired) electrons. The third kappa shape index (κ3) is 2.74. The maximum absolute atomic E-state index is 5.05. The first-order valence-corrected chi connectivity index (χ1v) is 11.8. The van der Waals surface area contributed by atoms with Crippen LogP contribution in [0.15, 0.2) is 97.1 Å². The SMILES string of the molecule is Cc1nc2ccccc2n1-c1ccc(-c2c3ccccc3nc3c2sc2ccccc23)cc1. The lowest BCUT2D eigenvalue weighted by Crippen LogP contribution is -1.96. The molecule has 0 bridgehead atoms. The third-order valence-corrected chi connectivity index (χ3v) is 7.52. The maximum atomic E-state index is 5.05. The summed E-state index contributed by atoms with van der Waals surface area (Å²) in [5.41, 5.74) is 7.85. The molecule has 0 fully saturated rings. The quantitative estimate of drug-likeness (QED) is 0.273. The second-order valence-electron chi connectivity index (χ2n) is 8.31. The maximum Gasteiger partial charge on any atom is 0.111 e. The van der Waals surface area contributed by atoms with Gasteiger partial charge in [0.15, 0.2) is 0 Å². The van der Waals surface area contributed by atoms with Gasteiger partial charge in [-0.15, -0.1) is 11.3 Å². The first-order chi connectivity index (χ1) is 16.3. The Balaban J connectivity index is 1.48. The number of pyridine rings is 1. The van der Waals surface area contributed by atoms with Crippen molar-refractivity contribution >= 4 is 53.6 Å². The fourth-order valence-corrected chi connectivity index (χ4v) is 6.10. The van der Waals surface area contributed by atoms with E-state index >= 15 is 0 Å². The first-order valence-electron chi connectivity index (χ1n) is 11.0. The van der Waals surface area contributed by atoms with E-state index in [-0.39, 0.29) is 0 Å². The van der Waals surface area contributed by atoms with Crippen LogP contribution in [0.25, 0.3) is 59.1 Å². The van der Waals surface area contributed by atoms with E-state index in [4.69, 9.17) is 9.97 Å². The van der Waals surface area contributed by atoms with Crippen LogP contribution in [0.2, 0.25) is 0 Å². The largest absolute Gasteiger partial charge is 0.297 e. The number of hydrogen-bond acceptors (Lipinski definition) is 3. The predicted octanol–water partition coefficient (Wildman–Crippen LogP) is 7.92. The van der Waals surface area contributed by atoms with Gasteiger partial charge >= 0.3 is 0 Å². The lowest BCUT2D eigenvalue weighted by molar-refractivity contribution is 1.00. The van der Waals surface area contributed by atoms with E-state index in [1.54, 1.807) is 0 Å². The Bertz CT molecular complexity index is 1820. The van der Waals surface area contributed by atoms with Crippen molar-refractivity contribution in [1.29, 1.82) is 0 Å². The zero-order valence-corrected chi connectivity index (χ0v) is 18.8. The van der Waals surface area contributed by atoms with Gasteiger partial charge < -0.3 is 0 Å². The molecule has 0 N–H and O–H groups in total. The zero-order valence-electron chi connectivity index (χ0n) is 18.0. The number of hydrogen-bond donors (Lipinski definition) is 0. The van der Waals surface area contributed by atoms with Gasteiger partial charge in [0.2, 0.25) is 0 Å². The summed E-state index contributed by atoms with van der Waals surface area (Å²) in [6.45, 7) is 2.06. The summed E-state index contributed by atoms with van der Waals surface area (Å²) in [5, 5.41) is 2.41. The van der Waals surface area contributed by atoms with E-state index in [1.165, 1.54) is 31.3 Å². The van der Waals surface area contributed by atoms with Crippen LogP contribution in [0.4, 0.5) is 0 Å². The number of imidazole rings is 1. The molecule has 7 aromatic rings. The summed E-state index contributed by atoms with van der Waals surface area (Å²) in [5.74, 6) is 0.991. The van der Waals surface area contributed by atoms with E-state index in [0.29, 0.717) is 0 Å². The number of aryl methyl sites for hydroxylation is 1. The fraction of sp³-hybridized carbons (Fsp3) is 0.0345. The molecular formula is C29H19N3S. The highest BCUT2D eigenvalue weighted by molar-refractivity contribution is 7.26. The summed E-state index contributed by atoms with van der Waals surface area (Å²) in [7, 11) is 0. The molecular weight excluding hydrogens is 422 g/mol. The minimum absolute atomic E-state index is 0.991. The van der Waals surface area contributed by atoms with Gasteiger partial charge in [-0.1, -0.05) is 60.7 Å². The average molecular weight is 442 g/mol. The molecule has 4 heteroatoms. The molecule has 3 heterocycles. The number of nitrogens with zero attached hydrogens (tertiary/aromatic N) is 3. The van der Waals surface area contributed by atoms with Crippen molar-refractivity contribution in [3.05, 3.63) is 103 Å². The molecule has 0 spiro atoms. The van der Waals surface area contributed by atoms with Crippen molar-refractivity contribution in [1.82, 2.24) is 14.5 Å². The van der Waals surface area contributed by atoms with E-state index in [0.717, 1.165) is 33.6 Å². The standard InChI is InChI=1S/C29H19N3S/c1-18-30-24-11-5-6-12-25(24)32(18)20-16-14-19(15-17-20)27-21-8-2-4-10-23(21)31-28-22-9-3-7-13-26(22)33-29(27)28/h2-17H,1H3. The Morgan fingerprint density at radius 1 is 0.667 bits per heavy atom. The highest BCUT2D eigenvalue weighted by atomic mass is 32.1. The fourth-order valence-electron chi connectivity index (χ4n) is 4.87. The van der Waals surface area contributed by atoms with Crippen molar-refractivity contribution < 1.29 is 0 Å². The second-order valence-corrected chi connectivity index (χ2v) is 9.36. The molecule has 3 aromatic heterocycles. The topological polar surface area (TPSA) is 30.7 Å². The highest BCUT2D eigenvalue weighted by Crippen LogP contribution is 2.42. The molecule has 156 valence electrons. The van der Waals surface area contributed by atoms with Gasteiger partial charge in [0.05, 0.1) is 26.8 Å². The zero-order chi connectivity index (χ0) is 21.9. The highest BCUT2D eigenvalue weighted by Gasteiger charge is 2.16. The Morgan fingerprint density at radius 2 is 1.36 bits per heavy atom. The van der Waals surface area contributed by atoms with Crippen molar-refractivity contribution in [2.75, 3.05) is 0 Å².